The van der Waals surface area contributed by atoms with Crippen LogP contribution >= 0.6 is 11.3 Å². The lowest BCUT2D eigenvalue weighted by Gasteiger charge is -2.17. The molecule has 1 amide bonds. The molecule has 0 unspecified atom stereocenters. The molecule has 0 spiro atoms. The van der Waals surface area contributed by atoms with Crippen molar-refractivity contribution in [3.05, 3.63) is 52.5 Å². The average molecular weight is 407 g/mol. The molecule has 0 aliphatic heterocycles. The number of aromatic nitrogens is 2. The lowest BCUT2D eigenvalue weighted by atomic mass is 10.2. The molecule has 0 bridgehead atoms. The Morgan fingerprint density at radius 2 is 2.04 bits per heavy atom. The first kappa shape index (κ1) is 19.8. The molecule has 0 atom stereocenters. The van der Waals surface area contributed by atoms with Gasteiger partial charge in [-0.05, 0) is 42.8 Å². The summed E-state index contributed by atoms with van der Waals surface area (Å²) in [5.74, 6) is -0.144. The van der Waals surface area contributed by atoms with Gasteiger partial charge in [-0.15, -0.1) is 11.3 Å². The summed E-state index contributed by atoms with van der Waals surface area (Å²) in [5.41, 5.74) is 1.79. The molecule has 0 aliphatic rings. The fourth-order valence-electron chi connectivity index (χ4n) is 2.68. The minimum atomic E-state index is -2.94. The number of hydrogen-bond donors (Lipinski definition) is 1. The Hall–Kier alpha value is -2.94. The lowest BCUT2D eigenvalue weighted by Crippen LogP contribution is -2.26. The number of hydrogen-bond acceptors (Lipinski definition) is 5. The third-order valence-electron chi connectivity index (χ3n) is 4.01. The zero-order valence-corrected chi connectivity index (χ0v) is 16.3. The van der Waals surface area contributed by atoms with E-state index in [9.17, 15) is 13.6 Å². The number of rotatable bonds is 7. The van der Waals surface area contributed by atoms with E-state index in [0.717, 1.165) is 10.6 Å². The summed E-state index contributed by atoms with van der Waals surface area (Å²) in [6, 6.07) is 10.2. The van der Waals surface area contributed by atoms with Gasteiger partial charge < -0.3 is 14.4 Å². The molecule has 28 heavy (non-hydrogen) atoms. The first-order valence-electron chi connectivity index (χ1n) is 8.36. The van der Waals surface area contributed by atoms with Gasteiger partial charge in [0.25, 0.3) is 5.91 Å². The molecule has 6 nitrogen and oxygen atoms in total. The quantitative estimate of drug-likeness (QED) is 0.633. The molecule has 0 fully saturated rings. The predicted octanol–water partition coefficient (Wildman–Crippen LogP) is 4.33. The molecule has 0 saturated carbocycles. The van der Waals surface area contributed by atoms with Crippen LogP contribution in [0.5, 0.6) is 11.5 Å². The second-order valence-electron chi connectivity index (χ2n) is 6.10. The summed E-state index contributed by atoms with van der Waals surface area (Å²) in [6.07, 6.45) is 0. The smallest absolute Gasteiger partial charge is 0.387 e. The number of carbonyl (C=O) groups is 1. The van der Waals surface area contributed by atoms with Crippen LogP contribution in [0.15, 0.2) is 36.4 Å². The molecule has 1 N–H and O–H groups in total. The number of aromatic amines is 1. The van der Waals surface area contributed by atoms with Crippen molar-refractivity contribution < 1.29 is 23.0 Å². The minimum Gasteiger partial charge on any atom is -0.493 e. The SMILES string of the molecule is COc1cc(CN(C)C(=O)c2cc(-c3ccc(C)s3)[nH]n2)ccc1OC(F)F. The Bertz CT molecular complexity index is 971. The van der Waals surface area contributed by atoms with Crippen LogP contribution in [0.2, 0.25) is 0 Å². The normalized spacial score (nSPS) is 10.9. The van der Waals surface area contributed by atoms with E-state index in [-0.39, 0.29) is 24.0 Å². The van der Waals surface area contributed by atoms with E-state index < -0.39 is 6.61 Å². The fraction of sp³-hybridized carbons (Fsp3) is 0.263. The molecule has 3 aromatic rings. The van der Waals surface area contributed by atoms with Gasteiger partial charge in [-0.3, -0.25) is 9.89 Å². The molecule has 0 radical (unpaired) electrons. The Kier molecular flexibility index (Phi) is 5.93. The Labute approximate surface area is 164 Å². The highest BCUT2D eigenvalue weighted by molar-refractivity contribution is 7.15. The molecule has 2 heterocycles. The number of amides is 1. The van der Waals surface area contributed by atoms with Gasteiger partial charge in [0.15, 0.2) is 17.2 Å². The van der Waals surface area contributed by atoms with E-state index in [1.807, 2.05) is 19.1 Å². The van der Waals surface area contributed by atoms with Gasteiger partial charge in [-0.2, -0.15) is 13.9 Å². The van der Waals surface area contributed by atoms with Crippen molar-refractivity contribution in [2.75, 3.05) is 14.2 Å². The molecule has 1 aromatic carbocycles. The third kappa shape index (κ3) is 4.48. The molecule has 0 aliphatic carbocycles. The molecule has 0 saturated heterocycles. The summed E-state index contributed by atoms with van der Waals surface area (Å²) < 4.78 is 34.4. The lowest BCUT2D eigenvalue weighted by molar-refractivity contribution is -0.0512. The topological polar surface area (TPSA) is 67.5 Å². The number of benzene rings is 1. The zero-order chi connectivity index (χ0) is 20.3. The predicted molar refractivity (Wildman–Crippen MR) is 102 cm³/mol. The zero-order valence-electron chi connectivity index (χ0n) is 15.5. The van der Waals surface area contributed by atoms with Crippen molar-refractivity contribution in [2.24, 2.45) is 0 Å². The van der Waals surface area contributed by atoms with Gasteiger partial charge in [0.1, 0.15) is 0 Å². The number of methoxy groups -OCH3 is 1. The van der Waals surface area contributed by atoms with E-state index in [4.69, 9.17) is 4.74 Å². The highest BCUT2D eigenvalue weighted by Crippen LogP contribution is 2.30. The Balaban J connectivity index is 1.71. The average Bonchev–Trinajstić information content (AvgIpc) is 3.30. The number of carbonyl (C=O) groups excluding carboxylic acids is 1. The Morgan fingerprint density at radius 1 is 1.25 bits per heavy atom. The number of ether oxygens (including phenoxy) is 2. The largest absolute Gasteiger partial charge is 0.493 e. The minimum absolute atomic E-state index is 0.0570. The van der Waals surface area contributed by atoms with E-state index >= 15 is 0 Å². The van der Waals surface area contributed by atoms with Crippen molar-refractivity contribution in [1.82, 2.24) is 15.1 Å². The van der Waals surface area contributed by atoms with Crippen LogP contribution in [0.1, 0.15) is 20.9 Å². The summed E-state index contributed by atoms with van der Waals surface area (Å²) in [6.45, 7) is -0.675. The summed E-state index contributed by atoms with van der Waals surface area (Å²) in [4.78, 5) is 16.3. The summed E-state index contributed by atoms with van der Waals surface area (Å²) in [7, 11) is 3.01. The van der Waals surface area contributed by atoms with Gasteiger partial charge in [-0.1, -0.05) is 6.07 Å². The van der Waals surface area contributed by atoms with E-state index in [2.05, 4.69) is 14.9 Å². The molecule has 3 rings (SSSR count). The van der Waals surface area contributed by atoms with E-state index in [1.165, 1.54) is 23.0 Å². The number of thiophene rings is 1. The van der Waals surface area contributed by atoms with Gasteiger partial charge in [0.05, 0.1) is 17.7 Å². The van der Waals surface area contributed by atoms with E-state index in [0.29, 0.717) is 11.3 Å². The van der Waals surface area contributed by atoms with Crippen LogP contribution in [0.3, 0.4) is 0 Å². The second-order valence-corrected chi connectivity index (χ2v) is 7.39. The van der Waals surface area contributed by atoms with Crippen molar-refractivity contribution >= 4 is 17.2 Å². The van der Waals surface area contributed by atoms with Crippen molar-refractivity contribution in [3.63, 3.8) is 0 Å². The highest BCUT2D eigenvalue weighted by Gasteiger charge is 2.18. The van der Waals surface area contributed by atoms with Crippen molar-refractivity contribution in [3.8, 4) is 22.1 Å². The maximum absolute atomic E-state index is 12.7. The number of halogens is 2. The number of aryl methyl sites for hydroxylation is 1. The summed E-state index contributed by atoms with van der Waals surface area (Å²) in [5, 5.41) is 6.99. The standard InChI is InChI=1S/C19H19F2N3O3S/c1-11-4-7-17(28-11)13-9-14(23-22-13)18(25)24(2)10-12-5-6-15(27-19(20)21)16(8-12)26-3/h4-9,19H,10H2,1-3H3,(H,22,23). The number of H-pyrrole nitrogens is 1. The highest BCUT2D eigenvalue weighted by atomic mass is 32.1. The Morgan fingerprint density at radius 3 is 2.68 bits per heavy atom. The molecule has 9 heteroatoms. The van der Waals surface area contributed by atoms with Crippen LogP contribution in [-0.4, -0.2) is 41.8 Å². The monoisotopic (exact) mass is 407 g/mol. The van der Waals surface area contributed by atoms with Crippen LogP contribution in [0.25, 0.3) is 10.6 Å². The molecular weight excluding hydrogens is 388 g/mol. The second kappa shape index (κ2) is 8.39. The van der Waals surface area contributed by atoms with Crippen LogP contribution in [0.4, 0.5) is 8.78 Å². The van der Waals surface area contributed by atoms with Crippen LogP contribution in [-0.2, 0) is 6.54 Å². The molecule has 148 valence electrons. The van der Waals surface area contributed by atoms with Crippen LogP contribution < -0.4 is 9.47 Å². The third-order valence-corrected chi connectivity index (χ3v) is 5.05. The molecule has 2 aromatic heterocycles. The molecular formula is C19H19F2N3O3S. The van der Waals surface area contributed by atoms with Gasteiger partial charge in [0, 0.05) is 18.5 Å². The first-order chi connectivity index (χ1) is 13.4. The van der Waals surface area contributed by atoms with Crippen molar-refractivity contribution in [2.45, 2.75) is 20.1 Å². The van der Waals surface area contributed by atoms with Crippen LogP contribution in [0, 0.1) is 6.92 Å². The van der Waals surface area contributed by atoms with Crippen molar-refractivity contribution in [1.29, 1.82) is 0 Å². The first-order valence-corrected chi connectivity index (χ1v) is 9.18. The van der Waals surface area contributed by atoms with Gasteiger partial charge in [-0.25, -0.2) is 0 Å². The maximum atomic E-state index is 12.7. The van der Waals surface area contributed by atoms with Gasteiger partial charge >= 0.3 is 6.61 Å². The maximum Gasteiger partial charge on any atom is 0.387 e. The fourth-order valence-corrected chi connectivity index (χ4v) is 3.52. The number of nitrogens with zero attached hydrogens (tertiary/aromatic N) is 2. The number of nitrogens with one attached hydrogen (secondary N) is 1. The van der Waals surface area contributed by atoms with E-state index in [1.54, 1.807) is 36.6 Å². The number of alkyl halides is 2. The van der Waals surface area contributed by atoms with Gasteiger partial charge in [0.2, 0.25) is 0 Å². The summed E-state index contributed by atoms with van der Waals surface area (Å²) >= 11 is 1.61.